The lowest BCUT2D eigenvalue weighted by molar-refractivity contribution is 0.602. The maximum absolute atomic E-state index is 11.3. The Bertz CT molecular complexity index is 649. The van der Waals surface area contributed by atoms with Crippen molar-refractivity contribution in [1.29, 1.82) is 0 Å². The lowest BCUT2D eigenvalue weighted by Gasteiger charge is -2.07. The zero-order valence-electron chi connectivity index (χ0n) is 9.92. The number of sulfone groups is 1. The van der Waals surface area contributed by atoms with Crippen LogP contribution in [0.3, 0.4) is 0 Å². The van der Waals surface area contributed by atoms with E-state index in [1.807, 2.05) is 18.2 Å². The molecule has 2 aromatic rings. The zero-order valence-corrected chi connectivity index (χ0v) is 10.7. The summed E-state index contributed by atoms with van der Waals surface area (Å²) >= 11 is 0. The molecule has 0 fully saturated rings. The molecule has 18 heavy (non-hydrogen) atoms. The minimum Gasteiger partial charge on any atom is -0.399 e. The van der Waals surface area contributed by atoms with Gasteiger partial charge >= 0.3 is 0 Å². The number of hydrogen-bond acceptors (Lipinski definition) is 4. The molecule has 0 atom stereocenters. The molecule has 0 heterocycles. The molecule has 0 unspecified atom stereocenters. The zero-order chi connectivity index (χ0) is 13.2. The Labute approximate surface area is 106 Å². The van der Waals surface area contributed by atoms with Gasteiger partial charge in [-0.2, -0.15) is 0 Å². The lowest BCUT2D eigenvalue weighted by atomic mass is 10.2. The monoisotopic (exact) mass is 262 g/mol. The van der Waals surface area contributed by atoms with Gasteiger partial charge in [0.25, 0.3) is 0 Å². The first kappa shape index (κ1) is 12.4. The second-order valence-electron chi connectivity index (χ2n) is 4.05. The largest absolute Gasteiger partial charge is 0.399 e. The summed E-state index contributed by atoms with van der Waals surface area (Å²) in [4.78, 5) is 0.306. The van der Waals surface area contributed by atoms with Crippen LogP contribution in [0, 0.1) is 0 Å². The maximum Gasteiger partial charge on any atom is 0.175 e. The Balaban J connectivity index is 2.21. The Hall–Kier alpha value is -2.01. The normalized spacial score (nSPS) is 11.2. The van der Waals surface area contributed by atoms with Crippen molar-refractivity contribution in [2.45, 2.75) is 4.90 Å². The molecule has 0 aromatic heterocycles. The standard InChI is InChI=1S/C13H14N2O2S/c1-18(16,17)13-7-5-11(6-8-13)15-12-4-2-3-10(14)9-12/h2-9,15H,14H2,1H3. The van der Waals surface area contributed by atoms with Crippen LogP contribution in [0.5, 0.6) is 0 Å². The Morgan fingerprint density at radius 3 is 2.22 bits per heavy atom. The van der Waals surface area contributed by atoms with E-state index in [4.69, 9.17) is 5.73 Å². The predicted molar refractivity (Wildman–Crippen MR) is 73.7 cm³/mol. The van der Waals surface area contributed by atoms with Gasteiger partial charge in [-0.3, -0.25) is 0 Å². The molecule has 3 N–H and O–H groups in total. The Morgan fingerprint density at radius 2 is 1.67 bits per heavy atom. The molecule has 4 nitrogen and oxygen atoms in total. The second kappa shape index (κ2) is 4.70. The fourth-order valence-corrected chi connectivity index (χ4v) is 2.20. The van der Waals surface area contributed by atoms with E-state index in [0.29, 0.717) is 10.6 Å². The second-order valence-corrected chi connectivity index (χ2v) is 6.06. The van der Waals surface area contributed by atoms with Crippen molar-refractivity contribution in [2.75, 3.05) is 17.3 Å². The van der Waals surface area contributed by atoms with Crippen LogP contribution in [0.4, 0.5) is 17.1 Å². The molecule has 0 aliphatic carbocycles. The van der Waals surface area contributed by atoms with Crippen LogP contribution in [0.2, 0.25) is 0 Å². The van der Waals surface area contributed by atoms with E-state index in [1.54, 1.807) is 30.3 Å². The molecule has 5 heteroatoms. The van der Waals surface area contributed by atoms with Gasteiger partial charge in [-0.1, -0.05) is 6.07 Å². The highest BCUT2D eigenvalue weighted by atomic mass is 32.2. The van der Waals surface area contributed by atoms with E-state index in [-0.39, 0.29) is 0 Å². The molecule has 0 radical (unpaired) electrons. The van der Waals surface area contributed by atoms with Gasteiger partial charge in [0, 0.05) is 23.3 Å². The van der Waals surface area contributed by atoms with Crippen molar-refractivity contribution in [2.24, 2.45) is 0 Å². The summed E-state index contributed by atoms with van der Waals surface area (Å²) in [6.45, 7) is 0. The SMILES string of the molecule is CS(=O)(=O)c1ccc(Nc2cccc(N)c2)cc1. The Kier molecular flexibility index (Phi) is 3.25. The van der Waals surface area contributed by atoms with Crippen LogP contribution in [0.25, 0.3) is 0 Å². The lowest BCUT2D eigenvalue weighted by Crippen LogP contribution is -1.97. The van der Waals surface area contributed by atoms with Gasteiger partial charge in [0.2, 0.25) is 0 Å². The summed E-state index contributed by atoms with van der Waals surface area (Å²) in [5, 5.41) is 3.15. The van der Waals surface area contributed by atoms with Crippen LogP contribution in [-0.2, 0) is 9.84 Å². The molecular formula is C13H14N2O2S. The number of nitrogen functional groups attached to an aromatic ring is 1. The average Bonchev–Trinajstić information content (AvgIpc) is 2.28. The van der Waals surface area contributed by atoms with Gasteiger partial charge in [-0.25, -0.2) is 8.42 Å². The van der Waals surface area contributed by atoms with Gasteiger partial charge in [-0.15, -0.1) is 0 Å². The molecule has 0 bridgehead atoms. The highest BCUT2D eigenvalue weighted by molar-refractivity contribution is 7.90. The number of benzene rings is 2. The van der Waals surface area contributed by atoms with Gasteiger partial charge in [0.15, 0.2) is 9.84 Å². The van der Waals surface area contributed by atoms with Gasteiger partial charge < -0.3 is 11.1 Å². The van der Waals surface area contributed by atoms with Crippen molar-refractivity contribution in [1.82, 2.24) is 0 Å². The number of nitrogens with two attached hydrogens (primary N) is 1. The van der Waals surface area contributed by atoms with Crippen molar-refractivity contribution >= 4 is 26.9 Å². The molecule has 0 saturated carbocycles. The first-order valence-corrected chi connectivity index (χ1v) is 7.27. The molecule has 94 valence electrons. The molecule has 0 aliphatic rings. The third-order valence-corrected chi connectivity index (χ3v) is 3.59. The first-order valence-electron chi connectivity index (χ1n) is 5.38. The molecule has 0 saturated heterocycles. The van der Waals surface area contributed by atoms with Crippen molar-refractivity contribution in [3.8, 4) is 0 Å². The van der Waals surface area contributed by atoms with Crippen LogP contribution >= 0.6 is 0 Å². The van der Waals surface area contributed by atoms with Crippen molar-refractivity contribution in [3.05, 3.63) is 48.5 Å². The summed E-state index contributed by atoms with van der Waals surface area (Å²) in [5.74, 6) is 0. The maximum atomic E-state index is 11.3. The molecule has 0 amide bonds. The number of hydrogen-bond donors (Lipinski definition) is 2. The summed E-state index contributed by atoms with van der Waals surface area (Å²) in [6.07, 6.45) is 1.19. The van der Waals surface area contributed by atoms with E-state index in [9.17, 15) is 8.42 Å². The number of anilines is 3. The minimum atomic E-state index is -3.15. The molecule has 0 aliphatic heterocycles. The summed E-state index contributed by atoms with van der Waals surface area (Å²) < 4.78 is 22.6. The number of nitrogens with one attached hydrogen (secondary N) is 1. The van der Waals surface area contributed by atoms with E-state index < -0.39 is 9.84 Å². The third kappa shape index (κ3) is 3.01. The van der Waals surface area contributed by atoms with E-state index in [2.05, 4.69) is 5.32 Å². The van der Waals surface area contributed by atoms with Crippen LogP contribution in [0.1, 0.15) is 0 Å². The highest BCUT2D eigenvalue weighted by Gasteiger charge is 2.05. The molecule has 0 spiro atoms. The van der Waals surface area contributed by atoms with Crippen LogP contribution in [-0.4, -0.2) is 14.7 Å². The van der Waals surface area contributed by atoms with E-state index in [1.165, 1.54) is 6.26 Å². The van der Waals surface area contributed by atoms with Gasteiger partial charge in [-0.05, 0) is 42.5 Å². The Morgan fingerprint density at radius 1 is 1.00 bits per heavy atom. The quantitative estimate of drug-likeness (QED) is 0.833. The minimum absolute atomic E-state index is 0.306. The average molecular weight is 262 g/mol. The highest BCUT2D eigenvalue weighted by Crippen LogP contribution is 2.20. The van der Waals surface area contributed by atoms with Crippen molar-refractivity contribution < 1.29 is 8.42 Å². The summed E-state index contributed by atoms with van der Waals surface area (Å²) in [5.41, 5.74) is 8.02. The van der Waals surface area contributed by atoms with Gasteiger partial charge in [0.1, 0.15) is 0 Å². The smallest absolute Gasteiger partial charge is 0.175 e. The summed E-state index contributed by atoms with van der Waals surface area (Å²) in [7, 11) is -3.15. The van der Waals surface area contributed by atoms with E-state index in [0.717, 1.165) is 11.4 Å². The third-order valence-electron chi connectivity index (χ3n) is 2.46. The van der Waals surface area contributed by atoms with E-state index >= 15 is 0 Å². The summed E-state index contributed by atoms with van der Waals surface area (Å²) in [6, 6.07) is 13.9. The van der Waals surface area contributed by atoms with Crippen molar-refractivity contribution in [3.63, 3.8) is 0 Å². The molecule has 2 rings (SSSR count). The molecule has 2 aromatic carbocycles. The molecular weight excluding hydrogens is 248 g/mol. The van der Waals surface area contributed by atoms with Crippen LogP contribution in [0.15, 0.2) is 53.4 Å². The fraction of sp³-hybridized carbons (Fsp3) is 0.0769. The first-order chi connectivity index (χ1) is 8.45. The topological polar surface area (TPSA) is 72.2 Å². The van der Waals surface area contributed by atoms with Crippen LogP contribution < -0.4 is 11.1 Å². The van der Waals surface area contributed by atoms with Gasteiger partial charge in [0.05, 0.1) is 4.90 Å². The number of rotatable bonds is 3. The predicted octanol–water partition coefficient (Wildman–Crippen LogP) is 2.42. The fourth-order valence-electron chi connectivity index (χ4n) is 1.57.